The molecule has 1 aliphatic heterocycles. The quantitative estimate of drug-likeness (QED) is 0.733. The number of aliphatic hydroxyl groups excluding tert-OH is 1. The lowest BCUT2D eigenvalue weighted by atomic mass is 10.0. The van der Waals surface area contributed by atoms with Crippen molar-refractivity contribution in [1.82, 2.24) is 4.90 Å². The van der Waals surface area contributed by atoms with Crippen LogP contribution < -0.4 is 0 Å². The van der Waals surface area contributed by atoms with Crippen LogP contribution in [-0.2, 0) is 4.79 Å². The van der Waals surface area contributed by atoms with Gasteiger partial charge in [-0.15, -0.1) is 0 Å². The molecule has 0 radical (unpaired) electrons. The predicted molar refractivity (Wildman–Crippen MR) is 50.4 cm³/mol. The molecule has 0 saturated carbocycles. The molecule has 13 heavy (non-hydrogen) atoms. The summed E-state index contributed by atoms with van der Waals surface area (Å²) in [6, 6.07) is -0.366. The second-order valence-electron chi connectivity index (χ2n) is 3.31. The average molecular weight is 203 g/mol. The molecule has 0 unspecified atom stereocenters. The molecule has 1 saturated heterocycles. The van der Waals surface area contributed by atoms with Crippen molar-refractivity contribution in [3.8, 4) is 0 Å². The Morgan fingerprint density at radius 1 is 1.54 bits per heavy atom. The van der Waals surface area contributed by atoms with Crippen molar-refractivity contribution in [2.75, 3.05) is 12.4 Å². The molecular formula is C8H13NO3S. The van der Waals surface area contributed by atoms with Gasteiger partial charge in [0.05, 0.1) is 18.4 Å². The first-order valence-corrected chi connectivity index (χ1v) is 5.16. The summed E-state index contributed by atoms with van der Waals surface area (Å²) < 4.78 is 0. The average Bonchev–Trinajstić information content (AvgIpc) is 2.36. The fourth-order valence-electron chi connectivity index (χ4n) is 1.28. The normalized spacial score (nSPS) is 20.2. The molecule has 0 aromatic carbocycles. The third kappa shape index (κ3) is 2.03. The summed E-state index contributed by atoms with van der Waals surface area (Å²) in [6.45, 7) is 3.60. The summed E-state index contributed by atoms with van der Waals surface area (Å²) in [7, 11) is 0. The number of aliphatic hydroxyl groups is 1. The molecule has 0 spiro atoms. The number of amides is 2. The van der Waals surface area contributed by atoms with Gasteiger partial charge in [-0.25, -0.2) is 0 Å². The molecule has 1 heterocycles. The third-order valence-electron chi connectivity index (χ3n) is 2.07. The highest BCUT2D eigenvalue weighted by molar-refractivity contribution is 8.14. The monoisotopic (exact) mass is 203 g/mol. The van der Waals surface area contributed by atoms with E-state index in [4.69, 9.17) is 5.11 Å². The minimum Gasteiger partial charge on any atom is -0.394 e. The number of carbonyl (C=O) groups is 2. The van der Waals surface area contributed by atoms with Gasteiger partial charge in [-0.1, -0.05) is 25.6 Å². The summed E-state index contributed by atoms with van der Waals surface area (Å²) in [4.78, 5) is 23.7. The number of hydrogen-bond acceptors (Lipinski definition) is 4. The van der Waals surface area contributed by atoms with E-state index in [1.165, 1.54) is 4.90 Å². The van der Waals surface area contributed by atoms with Gasteiger partial charge in [0.2, 0.25) is 5.91 Å². The van der Waals surface area contributed by atoms with Crippen LogP contribution in [0.15, 0.2) is 0 Å². The van der Waals surface area contributed by atoms with E-state index in [0.29, 0.717) is 0 Å². The maximum absolute atomic E-state index is 11.3. The maximum Gasteiger partial charge on any atom is 0.289 e. The van der Waals surface area contributed by atoms with E-state index in [1.807, 2.05) is 13.8 Å². The highest BCUT2D eigenvalue weighted by Gasteiger charge is 2.36. The number of imide groups is 1. The minimum absolute atomic E-state index is 0.0941. The molecule has 1 rings (SSSR count). The fourth-order valence-corrected chi connectivity index (χ4v) is 2.04. The van der Waals surface area contributed by atoms with Gasteiger partial charge in [0, 0.05) is 0 Å². The summed E-state index contributed by atoms with van der Waals surface area (Å²) >= 11 is 1.00. The van der Waals surface area contributed by atoms with Gasteiger partial charge in [0.1, 0.15) is 0 Å². The minimum atomic E-state index is -0.366. The fraction of sp³-hybridized carbons (Fsp3) is 0.750. The Hall–Kier alpha value is -0.550. The van der Waals surface area contributed by atoms with E-state index in [-0.39, 0.29) is 35.5 Å². The number of nitrogens with zero attached hydrogens (tertiary/aromatic N) is 1. The highest BCUT2D eigenvalue weighted by atomic mass is 32.2. The molecular weight excluding hydrogens is 190 g/mol. The topological polar surface area (TPSA) is 57.6 Å². The molecule has 5 heteroatoms. The molecule has 1 atom stereocenters. The number of rotatable bonds is 3. The van der Waals surface area contributed by atoms with Crippen molar-refractivity contribution in [3.05, 3.63) is 0 Å². The second kappa shape index (κ2) is 4.11. The van der Waals surface area contributed by atoms with Gasteiger partial charge in [-0.05, 0) is 5.92 Å². The first-order chi connectivity index (χ1) is 6.07. The number of thioether (sulfide) groups is 1. The van der Waals surface area contributed by atoms with Gasteiger partial charge in [0.25, 0.3) is 5.24 Å². The first kappa shape index (κ1) is 10.5. The highest BCUT2D eigenvalue weighted by Crippen LogP contribution is 2.24. The molecule has 1 N–H and O–H groups in total. The van der Waals surface area contributed by atoms with Gasteiger partial charge < -0.3 is 5.11 Å². The molecule has 4 nitrogen and oxygen atoms in total. The van der Waals surface area contributed by atoms with Gasteiger partial charge in [0.15, 0.2) is 0 Å². The van der Waals surface area contributed by atoms with Crippen molar-refractivity contribution in [1.29, 1.82) is 0 Å². The van der Waals surface area contributed by atoms with Crippen LogP contribution in [0.3, 0.4) is 0 Å². The van der Waals surface area contributed by atoms with Crippen molar-refractivity contribution < 1.29 is 14.7 Å². The van der Waals surface area contributed by atoms with Crippen molar-refractivity contribution in [3.63, 3.8) is 0 Å². The summed E-state index contributed by atoms with van der Waals surface area (Å²) in [5, 5.41) is 8.80. The van der Waals surface area contributed by atoms with Crippen molar-refractivity contribution >= 4 is 22.9 Å². The molecule has 0 aromatic rings. The van der Waals surface area contributed by atoms with Gasteiger partial charge in [-0.3, -0.25) is 14.5 Å². The zero-order valence-corrected chi connectivity index (χ0v) is 8.50. The zero-order valence-electron chi connectivity index (χ0n) is 7.69. The van der Waals surface area contributed by atoms with Crippen molar-refractivity contribution in [2.24, 2.45) is 5.92 Å². The van der Waals surface area contributed by atoms with Crippen LogP contribution >= 0.6 is 11.8 Å². The lowest BCUT2D eigenvalue weighted by Gasteiger charge is -2.26. The molecule has 74 valence electrons. The lowest BCUT2D eigenvalue weighted by Crippen LogP contribution is -2.44. The molecule has 0 bridgehead atoms. The Labute approximate surface area is 81.3 Å². The van der Waals surface area contributed by atoms with Crippen LogP contribution in [-0.4, -0.2) is 39.6 Å². The number of hydrogen-bond donors (Lipinski definition) is 1. The Morgan fingerprint density at radius 2 is 2.15 bits per heavy atom. The standard InChI is InChI=1S/C8H13NO3S/c1-5(2)6(3-10)9-7(11)4-13-8(9)12/h5-6,10H,3-4H2,1-2H3/t6-/m1/s1. The first-order valence-electron chi connectivity index (χ1n) is 4.17. The van der Waals surface area contributed by atoms with E-state index in [0.717, 1.165) is 11.8 Å². The third-order valence-corrected chi connectivity index (χ3v) is 2.91. The van der Waals surface area contributed by atoms with Gasteiger partial charge >= 0.3 is 0 Å². The maximum atomic E-state index is 11.3. The van der Waals surface area contributed by atoms with E-state index in [2.05, 4.69) is 0 Å². The van der Waals surface area contributed by atoms with Crippen LogP contribution in [0.2, 0.25) is 0 Å². The largest absolute Gasteiger partial charge is 0.394 e. The second-order valence-corrected chi connectivity index (χ2v) is 4.24. The zero-order chi connectivity index (χ0) is 10.0. The van der Waals surface area contributed by atoms with E-state index in [1.54, 1.807) is 0 Å². The summed E-state index contributed by atoms with van der Waals surface area (Å²) in [5.41, 5.74) is 0. The van der Waals surface area contributed by atoms with Crippen LogP contribution in [0.1, 0.15) is 13.8 Å². The Morgan fingerprint density at radius 3 is 2.46 bits per heavy atom. The molecule has 2 amide bonds. The van der Waals surface area contributed by atoms with E-state index in [9.17, 15) is 9.59 Å². The SMILES string of the molecule is CC(C)[C@@H](CO)N1C(=O)CSC1=O. The predicted octanol–water partition coefficient (Wildman–Crippen LogP) is 0.699. The van der Waals surface area contributed by atoms with E-state index < -0.39 is 0 Å². The van der Waals surface area contributed by atoms with Crippen LogP contribution in [0.5, 0.6) is 0 Å². The molecule has 0 aliphatic carbocycles. The van der Waals surface area contributed by atoms with Crippen molar-refractivity contribution in [2.45, 2.75) is 19.9 Å². The summed E-state index contributed by atoms with van der Waals surface area (Å²) in [5.74, 6) is 0.113. The smallest absolute Gasteiger partial charge is 0.289 e. The number of carbonyl (C=O) groups excluding carboxylic acids is 2. The lowest BCUT2D eigenvalue weighted by molar-refractivity contribution is -0.127. The molecule has 1 aliphatic rings. The Kier molecular flexibility index (Phi) is 3.33. The van der Waals surface area contributed by atoms with Crippen LogP contribution in [0.4, 0.5) is 4.79 Å². The van der Waals surface area contributed by atoms with Crippen LogP contribution in [0.25, 0.3) is 0 Å². The molecule has 1 fully saturated rings. The van der Waals surface area contributed by atoms with Gasteiger partial charge in [-0.2, -0.15) is 0 Å². The molecule has 0 aromatic heterocycles. The Balaban J connectivity index is 2.77. The van der Waals surface area contributed by atoms with E-state index >= 15 is 0 Å². The van der Waals surface area contributed by atoms with Crippen LogP contribution in [0, 0.1) is 5.92 Å². The Bertz CT molecular complexity index is 213. The summed E-state index contributed by atoms with van der Waals surface area (Å²) in [6.07, 6.45) is 0.